The van der Waals surface area contributed by atoms with Gasteiger partial charge in [-0.15, -0.1) is 10.2 Å². The van der Waals surface area contributed by atoms with Gasteiger partial charge in [0.15, 0.2) is 4.34 Å². The van der Waals surface area contributed by atoms with Crippen molar-refractivity contribution >= 4 is 45.0 Å². The molecule has 0 atom stereocenters. The van der Waals surface area contributed by atoms with E-state index in [-0.39, 0.29) is 23.9 Å². The van der Waals surface area contributed by atoms with Crippen LogP contribution in [0.4, 0.5) is 5.13 Å². The number of aryl methyl sites for hydroxylation is 1. The van der Waals surface area contributed by atoms with Gasteiger partial charge in [-0.3, -0.25) is 14.2 Å². The average Bonchev–Trinajstić information content (AvgIpc) is 3.55. The summed E-state index contributed by atoms with van der Waals surface area (Å²) >= 11 is 2.95. The number of anilines is 1. The molecule has 7 nitrogen and oxygen atoms in total. The molecule has 0 unspecified atom stereocenters. The minimum atomic E-state index is -0.162. The Kier molecular flexibility index (Phi) is 6.00. The number of benzene rings is 2. The van der Waals surface area contributed by atoms with Crippen LogP contribution in [0.1, 0.15) is 36.7 Å². The zero-order valence-corrected chi connectivity index (χ0v) is 18.9. The van der Waals surface area contributed by atoms with Crippen molar-refractivity contribution in [2.45, 2.75) is 41.8 Å². The molecule has 32 heavy (non-hydrogen) atoms. The van der Waals surface area contributed by atoms with E-state index in [2.05, 4.69) is 32.6 Å². The lowest BCUT2D eigenvalue weighted by atomic mass is 10.2. The molecule has 0 bridgehead atoms. The molecule has 9 heteroatoms. The maximum atomic E-state index is 12.9. The van der Waals surface area contributed by atoms with Gasteiger partial charge in [0.05, 0.1) is 10.9 Å². The summed E-state index contributed by atoms with van der Waals surface area (Å²) in [6, 6.07) is 17.7. The van der Waals surface area contributed by atoms with E-state index in [0.717, 1.165) is 22.9 Å². The van der Waals surface area contributed by atoms with Gasteiger partial charge >= 0.3 is 0 Å². The highest BCUT2D eigenvalue weighted by Crippen LogP contribution is 2.35. The predicted molar refractivity (Wildman–Crippen MR) is 127 cm³/mol. The Morgan fingerprint density at radius 1 is 1.09 bits per heavy atom. The third-order valence-corrected chi connectivity index (χ3v) is 7.27. The van der Waals surface area contributed by atoms with Gasteiger partial charge in [-0.25, -0.2) is 4.98 Å². The van der Waals surface area contributed by atoms with Gasteiger partial charge < -0.3 is 5.32 Å². The Morgan fingerprint density at radius 2 is 1.88 bits per heavy atom. The van der Waals surface area contributed by atoms with E-state index in [4.69, 9.17) is 0 Å². The van der Waals surface area contributed by atoms with E-state index < -0.39 is 0 Å². The van der Waals surface area contributed by atoms with Crippen molar-refractivity contribution in [3.8, 4) is 0 Å². The van der Waals surface area contributed by atoms with Crippen LogP contribution in [0.3, 0.4) is 0 Å². The van der Waals surface area contributed by atoms with Crippen LogP contribution in [0, 0.1) is 0 Å². The summed E-state index contributed by atoms with van der Waals surface area (Å²) in [7, 11) is 0. The number of nitrogens with zero attached hydrogens (tertiary/aromatic N) is 4. The third-order valence-electron chi connectivity index (χ3n) is 5.23. The summed E-state index contributed by atoms with van der Waals surface area (Å²) < 4.78 is 2.58. The van der Waals surface area contributed by atoms with Gasteiger partial charge in [-0.05, 0) is 30.5 Å². The monoisotopic (exact) mass is 463 g/mol. The van der Waals surface area contributed by atoms with Crippen molar-refractivity contribution in [1.82, 2.24) is 19.7 Å². The largest absolute Gasteiger partial charge is 0.300 e. The highest BCUT2D eigenvalue weighted by atomic mass is 32.2. The van der Waals surface area contributed by atoms with Crippen LogP contribution >= 0.6 is 23.1 Å². The molecule has 0 radical (unpaired) electrons. The second kappa shape index (κ2) is 9.22. The molecule has 1 fully saturated rings. The molecule has 0 saturated heterocycles. The molecule has 2 aromatic carbocycles. The maximum absolute atomic E-state index is 12.9. The number of hydrogen-bond donors (Lipinski definition) is 1. The highest BCUT2D eigenvalue weighted by molar-refractivity contribution is 8.00. The Balaban J connectivity index is 1.22. The molecular weight excluding hydrogens is 442 g/mol. The van der Waals surface area contributed by atoms with E-state index in [1.54, 1.807) is 16.3 Å². The smallest absolute Gasteiger partial charge is 0.261 e. The van der Waals surface area contributed by atoms with Gasteiger partial charge in [-0.2, -0.15) is 0 Å². The normalized spacial score (nSPS) is 13.4. The van der Waals surface area contributed by atoms with Gasteiger partial charge in [0.1, 0.15) is 5.82 Å². The van der Waals surface area contributed by atoms with E-state index in [9.17, 15) is 9.59 Å². The number of carbonyl (C=O) groups is 1. The quantitative estimate of drug-likeness (QED) is 0.307. The van der Waals surface area contributed by atoms with Gasteiger partial charge in [0, 0.05) is 24.6 Å². The first kappa shape index (κ1) is 20.8. The lowest BCUT2D eigenvalue weighted by Gasteiger charge is -2.12. The number of amides is 1. The predicted octanol–water partition coefficient (Wildman–Crippen LogP) is 4.45. The van der Waals surface area contributed by atoms with Gasteiger partial charge in [0.2, 0.25) is 11.0 Å². The number of rotatable bonds is 8. The number of hydrogen-bond acceptors (Lipinski definition) is 7. The lowest BCUT2D eigenvalue weighted by molar-refractivity contribution is -0.116. The summed E-state index contributed by atoms with van der Waals surface area (Å²) in [5.41, 5.74) is 1.87. The van der Waals surface area contributed by atoms with Crippen molar-refractivity contribution in [2.75, 3.05) is 5.32 Å². The average molecular weight is 464 g/mol. The molecule has 162 valence electrons. The van der Waals surface area contributed by atoms with Gasteiger partial charge in [-0.1, -0.05) is 65.6 Å². The molecule has 1 aliphatic carbocycles. The molecule has 0 aliphatic heterocycles. The van der Waals surface area contributed by atoms with E-state index in [0.29, 0.717) is 28.3 Å². The minimum Gasteiger partial charge on any atom is -0.300 e. The number of carbonyl (C=O) groups excluding carboxylic acids is 1. The second-order valence-electron chi connectivity index (χ2n) is 7.65. The number of para-hydroxylation sites is 1. The topological polar surface area (TPSA) is 89.8 Å². The van der Waals surface area contributed by atoms with Crippen LogP contribution in [-0.2, 0) is 17.0 Å². The van der Waals surface area contributed by atoms with E-state index in [1.165, 1.54) is 16.9 Å². The van der Waals surface area contributed by atoms with Crippen LogP contribution in [0.5, 0.6) is 0 Å². The molecule has 2 heterocycles. The highest BCUT2D eigenvalue weighted by Gasteiger charge is 2.28. The maximum Gasteiger partial charge on any atom is 0.261 e. The van der Waals surface area contributed by atoms with Crippen molar-refractivity contribution in [3.63, 3.8) is 0 Å². The first-order valence-electron chi connectivity index (χ1n) is 10.5. The first-order valence-corrected chi connectivity index (χ1v) is 12.3. The standard InChI is InChI=1S/C23H21N5O2S2/c29-20(25-22-26-27-23(32-22)31-14-15-6-2-1-3-7-15)13-12-19-24-18-9-5-4-8-17(18)21(30)28(19)16-10-11-16/h1-9,16H,10-14H2,(H,25,26,29). The SMILES string of the molecule is O=C(CCc1nc2ccccc2c(=O)n1C1CC1)Nc1nnc(SCc2ccccc2)s1. The molecular formula is C23H21N5O2S2. The molecule has 2 aromatic heterocycles. The Morgan fingerprint density at radius 3 is 2.69 bits per heavy atom. The number of fused-ring (bicyclic) bond motifs is 1. The van der Waals surface area contributed by atoms with Crippen LogP contribution in [0.15, 0.2) is 63.7 Å². The zero-order chi connectivity index (χ0) is 21.9. The molecule has 0 spiro atoms. The summed E-state index contributed by atoms with van der Waals surface area (Å²) in [6.45, 7) is 0. The van der Waals surface area contributed by atoms with Gasteiger partial charge in [0.25, 0.3) is 5.56 Å². The van der Waals surface area contributed by atoms with Crippen LogP contribution in [0.25, 0.3) is 10.9 Å². The minimum absolute atomic E-state index is 0.0160. The van der Waals surface area contributed by atoms with E-state index in [1.807, 2.05) is 42.5 Å². The lowest BCUT2D eigenvalue weighted by Crippen LogP contribution is -2.25. The summed E-state index contributed by atoms with van der Waals surface area (Å²) in [5, 5.41) is 12.2. The molecule has 1 aliphatic rings. The van der Waals surface area contributed by atoms with Crippen LogP contribution in [0.2, 0.25) is 0 Å². The summed E-state index contributed by atoms with van der Waals surface area (Å²) in [4.78, 5) is 30.1. The Bertz CT molecular complexity index is 1310. The molecule has 1 amide bonds. The van der Waals surface area contributed by atoms with E-state index >= 15 is 0 Å². The number of nitrogens with one attached hydrogen (secondary N) is 1. The number of thioether (sulfide) groups is 1. The fourth-order valence-corrected chi connectivity index (χ4v) is 5.25. The van der Waals surface area contributed by atoms with Crippen molar-refractivity contribution in [3.05, 3.63) is 76.3 Å². The van der Waals surface area contributed by atoms with Crippen LogP contribution in [-0.4, -0.2) is 25.7 Å². The summed E-state index contributed by atoms with van der Waals surface area (Å²) in [6.07, 6.45) is 2.58. The van der Waals surface area contributed by atoms with Crippen LogP contribution < -0.4 is 10.9 Å². The molecule has 4 aromatic rings. The number of aromatic nitrogens is 4. The fourth-order valence-electron chi connectivity index (χ4n) is 3.52. The fraction of sp³-hybridized carbons (Fsp3) is 0.261. The summed E-state index contributed by atoms with van der Waals surface area (Å²) in [5.74, 6) is 1.31. The zero-order valence-electron chi connectivity index (χ0n) is 17.2. The van der Waals surface area contributed by atoms with Crippen molar-refractivity contribution in [2.24, 2.45) is 0 Å². The Labute approximate surface area is 192 Å². The molecule has 5 rings (SSSR count). The molecule has 1 saturated carbocycles. The van der Waals surface area contributed by atoms with Crippen molar-refractivity contribution < 1.29 is 4.79 Å². The first-order chi connectivity index (χ1) is 15.7. The van der Waals surface area contributed by atoms with Crippen molar-refractivity contribution in [1.29, 1.82) is 0 Å². The Hall–Kier alpha value is -3.04. The third kappa shape index (κ3) is 4.73. The second-order valence-corrected chi connectivity index (χ2v) is 9.85. The molecule has 1 N–H and O–H groups in total.